The molecule has 0 aliphatic heterocycles. The normalized spacial score (nSPS) is 10.5. The van der Waals surface area contributed by atoms with Crippen molar-refractivity contribution in [2.75, 3.05) is 78.8 Å². The zero-order valence-corrected chi connectivity index (χ0v) is 95.8. The first-order chi connectivity index (χ1) is 58.5. The maximum absolute atomic E-state index is 12.1. The third kappa shape index (κ3) is 199. The highest BCUT2D eigenvalue weighted by Gasteiger charge is 2.31. The van der Waals surface area contributed by atoms with Crippen molar-refractivity contribution in [1.82, 2.24) is 0 Å². The zero-order valence-electron chi connectivity index (χ0n) is 86.8. The third-order valence-electron chi connectivity index (χ3n) is 11.2. The minimum absolute atomic E-state index is 0.00921. The van der Waals surface area contributed by atoms with Crippen LogP contribution >= 0.6 is 122 Å². The van der Waals surface area contributed by atoms with Gasteiger partial charge in [-0.3, -0.25) is 24.5 Å². The van der Waals surface area contributed by atoms with Crippen LogP contribution in [0.25, 0.3) is 41.8 Å². The lowest BCUT2D eigenvalue weighted by Gasteiger charge is -2.16. The van der Waals surface area contributed by atoms with Gasteiger partial charge >= 0.3 is 24.0 Å². The Kier molecular flexibility index (Phi) is 148. The second-order valence-electron chi connectivity index (χ2n) is 33.9. The number of azide groups is 4. The third-order valence-corrected chi connectivity index (χ3v) is 27.0. The predicted octanol–water partition coefficient (Wildman–Crippen LogP) is 35.0. The summed E-state index contributed by atoms with van der Waals surface area (Å²) in [6.45, 7) is 91.1. The summed E-state index contributed by atoms with van der Waals surface area (Å²) < 4.78 is 50.6. The van der Waals surface area contributed by atoms with Crippen LogP contribution in [0.5, 0.6) is 0 Å². The summed E-state index contributed by atoms with van der Waals surface area (Å²) >= 11 is 5.29. The van der Waals surface area contributed by atoms with Gasteiger partial charge in [-0.2, -0.15) is 25.8 Å². The molecule has 0 radical (unpaired) electrons. The molecule has 1 aromatic rings. The maximum atomic E-state index is 12.1. The molecule has 2 atom stereocenters. The van der Waals surface area contributed by atoms with Gasteiger partial charge in [0.2, 0.25) is 6.04 Å². The Morgan fingerprint density at radius 2 is 0.969 bits per heavy atom. The predicted molar refractivity (Wildman–Crippen MR) is 578 cm³/mol. The molecule has 127 heavy (non-hydrogen) atoms. The number of thiocyanates is 1. The van der Waals surface area contributed by atoms with Crippen molar-refractivity contribution in [3.05, 3.63) is 108 Å². The van der Waals surface area contributed by atoms with Crippen LogP contribution in [0.15, 0.2) is 81.0 Å². The molecule has 0 spiro atoms. The van der Waals surface area contributed by atoms with Crippen LogP contribution in [0.3, 0.4) is 0 Å². The Balaban J connectivity index is -0.0000000814. The average Bonchev–Trinajstić information content (AvgIpc) is 0.909. The molecule has 0 amide bonds. The van der Waals surface area contributed by atoms with Crippen LogP contribution in [0.2, 0.25) is 0 Å². The van der Waals surface area contributed by atoms with E-state index in [1.165, 1.54) is 70.8 Å². The molecule has 0 bridgehead atoms. The summed E-state index contributed by atoms with van der Waals surface area (Å²) in [6.07, 6.45) is 5.39. The molecule has 0 aliphatic carbocycles. The first-order valence-corrected chi connectivity index (χ1v) is 56.4. The summed E-state index contributed by atoms with van der Waals surface area (Å²) in [5.74, 6) is 14.6. The molecule has 0 aliphatic rings. The molecule has 0 saturated carbocycles. The SMILES string of the molecule is C=CCC(C)C.C=CCOC(=O)C(C)C.CC(C)C(=O)OCN=[N+]=[N-].CC(C)C(F)(F)N=[N+]=[N-].CC(C)C(F)N=[N+]=[N-].CC(C)CN=[N+]=[N-].CC(C)CSC#N.CC(C)CSSC(C)(C)C.CC(C)CSSC(C)C.CC(C)CSc1ccccc1.CC(C)N.CC(C)[N+](=O)[O-].CCOC(=O)C(C)C.CCSC(C)C(C)C.CCSSCC(C)C.CSSCC(C)C. The number of alkyl halides is 3. The highest BCUT2D eigenvalue weighted by atomic mass is 33.1. The van der Waals surface area contributed by atoms with Gasteiger partial charge in [-0.15, -0.1) is 18.3 Å². The number of hydrogen-bond acceptors (Lipinski definition) is 25. The summed E-state index contributed by atoms with van der Waals surface area (Å²) in [5.41, 5.74) is 36.0. The first-order valence-electron chi connectivity index (χ1n) is 43.5. The van der Waals surface area contributed by atoms with Crippen LogP contribution in [0.1, 0.15) is 290 Å². The second-order valence-corrected chi connectivity index (χ2v) is 49.0. The van der Waals surface area contributed by atoms with E-state index in [9.17, 15) is 37.7 Å². The number of nitriles is 1. The fourth-order valence-corrected chi connectivity index (χ4v) is 15.6. The molecule has 23 nitrogen and oxygen atoms in total. The quantitative estimate of drug-likeness (QED) is 0.00510. The lowest BCUT2D eigenvalue weighted by atomic mass is 10.1. The van der Waals surface area contributed by atoms with Crippen LogP contribution in [-0.2, 0) is 28.6 Å². The Morgan fingerprint density at radius 1 is 0.559 bits per heavy atom. The van der Waals surface area contributed by atoms with E-state index >= 15 is 0 Å². The molecular formula is C90H184F3N15O8S11. The molecule has 2 unspecified atom stereocenters. The van der Waals surface area contributed by atoms with Crippen LogP contribution in [0, 0.1) is 104 Å². The van der Waals surface area contributed by atoms with E-state index < -0.39 is 24.3 Å². The molecule has 0 fully saturated rings. The number of rotatable bonds is 39. The molecular weight excluding hydrogens is 1830 g/mol. The van der Waals surface area contributed by atoms with E-state index in [2.05, 4.69) is 261 Å². The van der Waals surface area contributed by atoms with Crippen LogP contribution < -0.4 is 5.73 Å². The van der Waals surface area contributed by atoms with Crippen molar-refractivity contribution < 1.29 is 46.7 Å². The number of carbonyl (C=O) groups excluding carboxylic acids is 3. The standard InChI is InChI=1S/C10H14S.C8H18S2.C7H12O2.C7H16S2.C7H16S.C6H12O2.C6H14S2.C6H12.C5H9N3O2.C5H9NS.C5H12S2.C4H7F2N3.C4H8FN3.C4H9N3.C3H7NO2.C3H9N/c1-9(2)8-11-10-6-4-3-5-7-10;1-7(2)6-9-10-8(3,4)5;1-4-5-9-7(8)6(2)3;1-6(2)5-8-9-7(3)4;1-5-8-7(4)6(2)3;1-4-8-6(7)5(2)3;1-4-7-8-5-6(2)3;1-4-5-6(2)3;1-4(2)5(9)10-3-7-8-6;1-5(2)3-7-4-6;1-5(2)4-7-6-3;1-3(2)4(5,6)8-9-7;1-3(2)4(5)7-8-6;1-4(2)3-6-7-5;1-3(2)4(5)6;1-3(2)4/h3-7,9H,8H2,1-2H3;7H,6H2,1-5H3;4,6H,1,5H2,2-3H3;6-7H,5H2,1-4H3;6-7H,5H2,1-4H3;5H,4H2,1-3H3;6H,4-5H2,1-3H3;4,6H,1,5H2,2-3H3;4H,3H2,1-2H3;5H,3H2,1-2H3;5H,4H2,1-3H3;3H,1-2H3;3-4H,1-2H3;4H,3H2,1-2H3;3H,1-2H3;3H,4H2,1-2H3. The number of hydrogen-bond donors (Lipinski definition) is 1. The Morgan fingerprint density at radius 3 is 1.20 bits per heavy atom. The number of halogens is 3. The van der Waals surface area contributed by atoms with Crippen molar-refractivity contribution in [3.63, 3.8) is 0 Å². The van der Waals surface area contributed by atoms with E-state index in [0.29, 0.717) is 42.4 Å². The van der Waals surface area contributed by atoms with Gasteiger partial charge in [-0.1, -0.05) is 402 Å². The minimum Gasteiger partial charge on any atom is -0.466 e. The highest BCUT2D eigenvalue weighted by Crippen LogP contribution is 2.36. The van der Waals surface area contributed by atoms with Crippen molar-refractivity contribution in [2.24, 2.45) is 109 Å². The van der Waals surface area contributed by atoms with Gasteiger partial charge in [-0.25, -0.2) is 4.39 Å². The highest BCUT2D eigenvalue weighted by molar-refractivity contribution is 8.77. The average molecular weight is 2010 g/mol. The summed E-state index contributed by atoms with van der Waals surface area (Å²) in [6, 6.07) is 7.21. The molecule has 2 N–H and O–H groups in total. The van der Waals surface area contributed by atoms with Gasteiger partial charge in [-0.05, 0) is 142 Å². The first kappa shape index (κ1) is 158. The summed E-state index contributed by atoms with van der Waals surface area (Å²) in [4.78, 5) is 51.6. The second kappa shape index (κ2) is 119. The number of benzene rings is 1. The van der Waals surface area contributed by atoms with E-state index in [-0.39, 0.29) is 53.2 Å². The Hall–Kier alpha value is -3.16. The van der Waals surface area contributed by atoms with Crippen molar-refractivity contribution in [2.45, 2.75) is 335 Å². The fraction of sp³-hybridized carbons (Fsp3) is 0.844. The fourth-order valence-electron chi connectivity index (χ4n) is 4.36. The van der Waals surface area contributed by atoms with Crippen molar-refractivity contribution >= 4 is 140 Å². The molecule has 0 aromatic heterocycles. The monoisotopic (exact) mass is 2010 g/mol. The van der Waals surface area contributed by atoms with Crippen LogP contribution in [0.4, 0.5) is 13.2 Å². The van der Waals surface area contributed by atoms with Crippen LogP contribution in [-0.4, -0.2) is 141 Å². The lowest BCUT2D eigenvalue weighted by Crippen LogP contribution is -2.19. The largest absolute Gasteiger partial charge is 0.466 e. The number of allylic oxidation sites excluding steroid dienone is 1. The van der Waals surface area contributed by atoms with Crippen molar-refractivity contribution in [1.29, 1.82) is 5.26 Å². The van der Waals surface area contributed by atoms with E-state index in [1.54, 1.807) is 68.4 Å². The molecule has 0 saturated heterocycles. The van der Waals surface area contributed by atoms with Gasteiger partial charge in [0.15, 0.2) is 13.0 Å². The Labute approximate surface area is 820 Å². The zero-order chi connectivity index (χ0) is 103. The number of thioether (sulfide) groups is 3. The smallest absolute Gasteiger partial charge is 0.328 e. The lowest BCUT2D eigenvalue weighted by molar-refractivity contribution is -0.513. The van der Waals surface area contributed by atoms with Gasteiger partial charge in [0, 0.05) is 111 Å². The molecule has 1 aromatic carbocycles. The molecule has 37 heteroatoms. The number of carbonyl (C=O) groups is 3. The van der Waals surface area contributed by atoms with Gasteiger partial charge < -0.3 is 19.9 Å². The summed E-state index contributed by atoms with van der Waals surface area (Å²) in [5, 5.41) is 32.7. The van der Waals surface area contributed by atoms with E-state index in [4.69, 9.17) is 37.9 Å². The van der Waals surface area contributed by atoms with Gasteiger partial charge in [0.05, 0.1) is 24.4 Å². The number of esters is 3. The van der Waals surface area contributed by atoms with E-state index in [1.807, 2.05) is 168 Å². The van der Waals surface area contributed by atoms with Gasteiger partial charge in [0.1, 0.15) is 12.0 Å². The molecule has 0 heterocycles. The molecule has 754 valence electrons. The summed E-state index contributed by atoms with van der Waals surface area (Å²) in [7, 11) is 15.6. The minimum atomic E-state index is -3.24. The number of nitrogens with zero attached hydrogens (tertiary/aromatic N) is 14. The topological polar surface area (TPSA) is 367 Å². The number of nitro groups is 1. The van der Waals surface area contributed by atoms with Crippen molar-refractivity contribution in [3.8, 4) is 5.40 Å². The molecule has 1 rings (SSSR count). The van der Waals surface area contributed by atoms with E-state index in [0.717, 1.165) is 64.1 Å². The number of nitrogens with two attached hydrogens (primary N) is 1. The number of ether oxygens (including phenoxy) is 3. The maximum Gasteiger partial charge on any atom is 0.328 e. The Bertz CT molecular complexity index is 2770. The van der Waals surface area contributed by atoms with Gasteiger partial charge in [0.25, 0.3) is 0 Å².